The molecule has 24 heavy (non-hydrogen) atoms. The van der Waals surface area contributed by atoms with Crippen molar-refractivity contribution in [2.45, 2.75) is 50.7 Å². The summed E-state index contributed by atoms with van der Waals surface area (Å²) in [5.74, 6) is -1.18. The normalized spacial score (nSPS) is 21.8. The standard InChI is InChI=1S/C18H24F2N2O2/c19-14-6-5-13(17(20)9-14)11-22(16-3-1-2-4-16)18(23)10-15-12-24-8-7-21-15/h5-6,9,15-16,21H,1-4,7-8,10-12H2. The third kappa shape index (κ3) is 4.30. The highest BCUT2D eigenvalue weighted by Crippen LogP contribution is 2.26. The summed E-state index contributed by atoms with van der Waals surface area (Å²) in [5.41, 5.74) is 0.365. The van der Waals surface area contributed by atoms with E-state index in [1.807, 2.05) is 0 Å². The SMILES string of the molecule is O=C(CC1COCCN1)N(Cc1ccc(F)cc1F)C1CCCC1. The monoisotopic (exact) mass is 338 g/mol. The maximum Gasteiger partial charge on any atom is 0.224 e. The second-order valence-corrected chi connectivity index (χ2v) is 6.63. The number of ether oxygens (including phenoxy) is 1. The highest BCUT2D eigenvalue weighted by molar-refractivity contribution is 5.77. The van der Waals surface area contributed by atoms with Crippen LogP contribution in [0.25, 0.3) is 0 Å². The molecule has 1 unspecified atom stereocenters. The van der Waals surface area contributed by atoms with Crippen molar-refractivity contribution in [2.75, 3.05) is 19.8 Å². The zero-order chi connectivity index (χ0) is 16.9. The minimum absolute atomic E-state index is 0.00761. The summed E-state index contributed by atoms with van der Waals surface area (Å²) in [7, 11) is 0. The van der Waals surface area contributed by atoms with Gasteiger partial charge in [0.15, 0.2) is 0 Å². The predicted octanol–water partition coefficient (Wildman–Crippen LogP) is 2.61. The van der Waals surface area contributed by atoms with Gasteiger partial charge in [0.25, 0.3) is 0 Å². The van der Waals surface area contributed by atoms with E-state index in [-0.39, 0.29) is 24.5 Å². The number of benzene rings is 1. The Bertz CT molecular complexity index is 570. The average molecular weight is 338 g/mol. The summed E-state index contributed by atoms with van der Waals surface area (Å²) >= 11 is 0. The molecular formula is C18H24F2N2O2. The summed E-state index contributed by atoms with van der Waals surface area (Å²) < 4.78 is 32.5. The van der Waals surface area contributed by atoms with Gasteiger partial charge in [-0.25, -0.2) is 8.78 Å². The average Bonchev–Trinajstić information content (AvgIpc) is 3.09. The lowest BCUT2D eigenvalue weighted by molar-refractivity contribution is -0.135. The Balaban J connectivity index is 1.71. The van der Waals surface area contributed by atoms with Crippen molar-refractivity contribution in [1.82, 2.24) is 10.2 Å². The quantitative estimate of drug-likeness (QED) is 0.897. The number of hydrogen-bond acceptors (Lipinski definition) is 3. The Kier molecular flexibility index (Phi) is 5.79. The van der Waals surface area contributed by atoms with E-state index in [2.05, 4.69) is 5.32 Å². The molecule has 1 saturated heterocycles. The highest BCUT2D eigenvalue weighted by atomic mass is 19.1. The van der Waals surface area contributed by atoms with Crippen LogP contribution in [0.1, 0.15) is 37.7 Å². The van der Waals surface area contributed by atoms with Crippen LogP contribution in [0.4, 0.5) is 8.78 Å². The third-order valence-corrected chi connectivity index (χ3v) is 4.86. The van der Waals surface area contributed by atoms with Crippen molar-refractivity contribution in [2.24, 2.45) is 0 Å². The van der Waals surface area contributed by atoms with Gasteiger partial charge in [-0.3, -0.25) is 4.79 Å². The molecule has 1 aromatic rings. The Morgan fingerprint density at radius 2 is 2.08 bits per heavy atom. The number of nitrogens with zero attached hydrogens (tertiary/aromatic N) is 1. The van der Waals surface area contributed by atoms with Crippen LogP contribution in [0.5, 0.6) is 0 Å². The molecule has 1 aliphatic heterocycles. The number of nitrogens with one attached hydrogen (secondary N) is 1. The number of carbonyl (C=O) groups excluding carboxylic acids is 1. The molecule has 1 aliphatic carbocycles. The van der Waals surface area contributed by atoms with Gasteiger partial charge in [0.05, 0.1) is 13.2 Å². The molecule has 0 spiro atoms. The van der Waals surface area contributed by atoms with Crippen molar-refractivity contribution < 1.29 is 18.3 Å². The van der Waals surface area contributed by atoms with E-state index < -0.39 is 11.6 Å². The van der Waals surface area contributed by atoms with Crippen LogP contribution in [0.3, 0.4) is 0 Å². The van der Waals surface area contributed by atoms with E-state index in [9.17, 15) is 13.6 Å². The molecule has 1 aromatic carbocycles. The Morgan fingerprint density at radius 3 is 2.75 bits per heavy atom. The maximum atomic E-state index is 14.0. The lowest BCUT2D eigenvalue weighted by Crippen LogP contribution is -2.46. The molecule has 1 N–H and O–H groups in total. The Morgan fingerprint density at radius 1 is 1.29 bits per heavy atom. The van der Waals surface area contributed by atoms with Crippen molar-refractivity contribution in [3.8, 4) is 0 Å². The summed E-state index contributed by atoms with van der Waals surface area (Å²) in [6.07, 6.45) is 4.42. The van der Waals surface area contributed by atoms with E-state index in [0.717, 1.165) is 38.3 Å². The Hall–Kier alpha value is -1.53. The highest BCUT2D eigenvalue weighted by Gasteiger charge is 2.29. The van der Waals surface area contributed by atoms with Gasteiger partial charge in [-0.15, -0.1) is 0 Å². The van der Waals surface area contributed by atoms with Crippen molar-refractivity contribution in [3.63, 3.8) is 0 Å². The maximum absolute atomic E-state index is 14.0. The van der Waals surface area contributed by atoms with Gasteiger partial charge in [-0.05, 0) is 18.9 Å². The molecule has 1 atom stereocenters. The zero-order valence-corrected chi connectivity index (χ0v) is 13.8. The minimum atomic E-state index is -0.599. The molecular weight excluding hydrogens is 314 g/mol. The summed E-state index contributed by atoms with van der Waals surface area (Å²) in [5, 5.41) is 3.28. The van der Waals surface area contributed by atoms with Gasteiger partial charge in [-0.1, -0.05) is 18.9 Å². The summed E-state index contributed by atoms with van der Waals surface area (Å²) in [4.78, 5) is 14.6. The first kappa shape index (κ1) is 17.3. The summed E-state index contributed by atoms with van der Waals surface area (Å²) in [6, 6.07) is 3.71. The molecule has 6 heteroatoms. The minimum Gasteiger partial charge on any atom is -0.378 e. The van der Waals surface area contributed by atoms with Crippen LogP contribution >= 0.6 is 0 Å². The number of carbonyl (C=O) groups is 1. The van der Waals surface area contributed by atoms with Crippen LogP contribution in [0, 0.1) is 11.6 Å². The van der Waals surface area contributed by atoms with Crippen molar-refractivity contribution in [1.29, 1.82) is 0 Å². The number of halogens is 2. The fourth-order valence-corrected chi connectivity index (χ4v) is 3.55. The largest absolute Gasteiger partial charge is 0.378 e. The van der Waals surface area contributed by atoms with Crippen LogP contribution in [-0.4, -0.2) is 42.6 Å². The molecule has 2 aliphatic rings. The van der Waals surface area contributed by atoms with Gasteiger partial charge in [0, 0.05) is 43.2 Å². The first-order chi connectivity index (χ1) is 11.6. The molecule has 0 aromatic heterocycles. The molecule has 4 nitrogen and oxygen atoms in total. The second kappa shape index (κ2) is 8.03. The molecule has 1 heterocycles. The topological polar surface area (TPSA) is 41.6 Å². The number of morpholine rings is 1. The van der Waals surface area contributed by atoms with Gasteiger partial charge in [0.1, 0.15) is 11.6 Å². The zero-order valence-electron chi connectivity index (χ0n) is 13.8. The fourth-order valence-electron chi connectivity index (χ4n) is 3.55. The molecule has 1 saturated carbocycles. The smallest absolute Gasteiger partial charge is 0.224 e. The fraction of sp³-hybridized carbons (Fsp3) is 0.611. The predicted molar refractivity (Wildman–Crippen MR) is 86.4 cm³/mol. The van der Waals surface area contributed by atoms with Gasteiger partial charge >= 0.3 is 0 Å². The number of amides is 1. The van der Waals surface area contributed by atoms with Crippen molar-refractivity contribution in [3.05, 3.63) is 35.4 Å². The van der Waals surface area contributed by atoms with Crippen LogP contribution in [-0.2, 0) is 16.1 Å². The van der Waals surface area contributed by atoms with E-state index in [0.29, 0.717) is 25.2 Å². The van der Waals surface area contributed by atoms with Crippen molar-refractivity contribution >= 4 is 5.91 Å². The van der Waals surface area contributed by atoms with E-state index >= 15 is 0 Å². The molecule has 1 amide bonds. The number of hydrogen-bond donors (Lipinski definition) is 1. The van der Waals surface area contributed by atoms with Gasteiger partial charge < -0.3 is 15.0 Å². The molecule has 3 rings (SSSR count). The number of rotatable bonds is 5. The molecule has 0 bridgehead atoms. The molecule has 2 fully saturated rings. The summed E-state index contributed by atoms with van der Waals surface area (Å²) in [6.45, 7) is 2.13. The third-order valence-electron chi connectivity index (χ3n) is 4.86. The van der Waals surface area contributed by atoms with Crippen LogP contribution in [0.15, 0.2) is 18.2 Å². The lowest BCUT2D eigenvalue weighted by atomic mass is 10.1. The lowest BCUT2D eigenvalue weighted by Gasteiger charge is -2.32. The first-order valence-electron chi connectivity index (χ1n) is 8.68. The second-order valence-electron chi connectivity index (χ2n) is 6.63. The molecule has 132 valence electrons. The van der Waals surface area contributed by atoms with Gasteiger partial charge in [0.2, 0.25) is 5.91 Å². The van der Waals surface area contributed by atoms with Gasteiger partial charge in [-0.2, -0.15) is 0 Å². The first-order valence-corrected chi connectivity index (χ1v) is 8.68. The van der Waals surface area contributed by atoms with E-state index in [1.54, 1.807) is 4.90 Å². The van der Waals surface area contributed by atoms with E-state index in [1.165, 1.54) is 12.1 Å². The Labute approximate surface area is 141 Å². The van der Waals surface area contributed by atoms with E-state index in [4.69, 9.17) is 4.74 Å². The van der Waals surface area contributed by atoms with Crippen LogP contribution < -0.4 is 5.32 Å². The van der Waals surface area contributed by atoms with Crippen LogP contribution in [0.2, 0.25) is 0 Å². The molecule has 0 radical (unpaired) electrons.